The van der Waals surface area contributed by atoms with Crippen molar-refractivity contribution in [3.63, 3.8) is 0 Å². The first kappa shape index (κ1) is 17.2. The van der Waals surface area contributed by atoms with Crippen LogP contribution in [0.4, 0.5) is 10.8 Å². The van der Waals surface area contributed by atoms with E-state index >= 15 is 0 Å². The van der Waals surface area contributed by atoms with Gasteiger partial charge in [-0.05, 0) is 42.7 Å². The summed E-state index contributed by atoms with van der Waals surface area (Å²) in [6, 6.07) is 12.9. The molecule has 5 rings (SSSR count). The summed E-state index contributed by atoms with van der Waals surface area (Å²) in [5, 5.41) is 3.92. The molecule has 3 heterocycles. The largest absolute Gasteiger partial charge is 0.448 e. The van der Waals surface area contributed by atoms with Crippen LogP contribution >= 0.6 is 11.3 Å². The Kier molecular flexibility index (Phi) is 4.24. The third-order valence-corrected chi connectivity index (χ3v) is 6.28. The number of anilines is 2. The lowest BCUT2D eigenvalue weighted by Crippen LogP contribution is -2.37. The molecule has 1 N–H and O–H groups in total. The molecule has 2 aliphatic rings. The maximum absolute atomic E-state index is 12.7. The van der Waals surface area contributed by atoms with Gasteiger partial charge in [-0.3, -0.25) is 4.79 Å². The van der Waals surface area contributed by atoms with E-state index in [0.29, 0.717) is 17.7 Å². The van der Waals surface area contributed by atoms with E-state index in [0.717, 1.165) is 34.0 Å². The predicted molar refractivity (Wildman–Crippen MR) is 109 cm³/mol. The van der Waals surface area contributed by atoms with E-state index in [1.54, 1.807) is 23.5 Å². The highest BCUT2D eigenvalue weighted by Gasteiger charge is 2.31. The Morgan fingerprint density at radius 3 is 2.86 bits per heavy atom. The number of fused-ring (bicyclic) bond motifs is 2. The number of ether oxygens (including phenoxy) is 1. The molecule has 142 valence electrons. The lowest BCUT2D eigenvalue weighted by atomic mass is 9.98. The van der Waals surface area contributed by atoms with E-state index in [1.807, 2.05) is 30.3 Å². The second-order valence-electron chi connectivity index (χ2n) is 7.12. The quantitative estimate of drug-likeness (QED) is 0.688. The standard InChI is InChI=1S/C21H19N3O3S/c25-19(17-11-13-5-1-2-6-15(13)20(26)27-17)22-14-7-8-16-18(12-14)28-21(23-16)24-9-3-4-10-24/h1-2,5-8,12,17H,3-4,9-11H2,(H,22,25)/t17-/m1/s1. The molecule has 1 aromatic heterocycles. The third-order valence-electron chi connectivity index (χ3n) is 5.21. The number of carbonyl (C=O) groups excluding carboxylic acids is 2. The maximum atomic E-state index is 12.7. The van der Waals surface area contributed by atoms with Gasteiger partial charge in [0.1, 0.15) is 0 Å². The summed E-state index contributed by atoms with van der Waals surface area (Å²) in [4.78, 5) is 31.8. The Bertz CT molecular complexity index is 1070. The average molecular weight is 393 g/mol. The summed E-state index contributed by atoms with van der Waals surface area (Å²) < 4.78 is 6.37. The predicted octanol–water partition coefficient (Wildman–Crippen LogP) is 3.62. The molecule has 2 aliphatic heterocycles. The molecule has 0 saturated carbocycles. The number of amides is 1. The normalized spacial score (nSPS) is 18.8. The van der Waals surface area contributed by atoms with Crippen LogP contribution in [0.5, 0.6) is 0 Å². The summed E-state index contributed by atoms with van der Waals surface area (Å²) in [6.45, 7) is 2.11. The van der Waals surface area contributed by atoms with Crippen molar-refractivity contribution < 1.29 is 14.3 Å². The molecule has 0 aliphatic carbocycles. The van der Waals surface area contributed by atoms with Gasteiger partial charge in [0.05, 0.1) is 15.8 Å². The molecule has 1 fully saturated rings. The number of hydrogen-bond acceptors (Lipinski definition) is 6. The first-order valence-corrected chi connectivity index (χ1v) is 10.2. The second kappa shape index (κ2) is 6.91. The Morgan fingerprint density at radius 2 is 2.00 bits per heavy atom. The number of hydrogen-bond donors (Lipinski definition) is 1. The SMILES string of the molecule is O=C1O[C@@H](C(=O)Nc2ccc3nc(N4CCCC4)sc3c2)Cc2ccccc21. The van der Waals surface area contributed by atoms with Crippen molar-refractivity contribution in [2.75, 3.05) is 23.3 Å². The van der Waals surface area contributed by atoms with E-state index in [9.17, 15) is 9.59 Å². The van der Waals surface area contributed by atoms with E-state index in [1.165, 1.54) is 12.8 Å². The molecular weight excluding hydrogens is 374 g/mol. The molecule has 0 unspecified atom stereocenters. The van der Waals surface area contributed by atoms with Gasteiger partial charge in [-0.2, -0.15) is 0 Å². The minimum absolute atomic E-state index is 0.313. The Labute approximate surface area is 166 Å². The summed E-state index contributed by atoms with van der Waals surface area (Å²) in [6.07, 6.45) is 1.98. The third kappa shape index (κ3) is 3.11. The Hall–Kier alpha value is -2.93. The number of nitrogens with zero attached hydrogens (tertiary/aromatic N) is 2. The number of thiazole rings is 1. The molecule has 1 amide bonds. The van der Waals surface area contributed by atoms with E-state index in [4.69, 9.17) is 9.72 Å². The molecule has 2 aromatic carbocycles. The van der Waals surface area contributed by atoms with Crippen molar-refractivity contribution in [3.8, 4) is 0 Å². The molecular formula is C21H19N3O3S. The molecule has 1 atom stereocenters. The van der Waals surface area contributed by atoms with Crippen molar-refractivity contribution in [1.82, 2.24) is 4.98 Å². The van der Waals surface area contributed by atoms with Gasteiger partial charge in [0.15, 0.2) is 11.2 Å². The molecule has 0 radical (unpaired) electrons. The number of benzene rings is 2. The highest BCUT2D eigenvalue weighted by atomic mass is 32.1. The fourth-order valence-corrected chi connectivity index (χ4v) is 4.79. The van der Waals surface area contributed by atoms with Crippen molar-refractivity contribution >= 4 is 44.2 Å². The highest BCUT2D eigenvalue weighted by Crippen LogP contribution is 2.32. The summed E-state index contributed by atoms with van der Waals surface area (Å²) in [5.41, 5.74) is 2.99. The summed E-state index contributed by atoms with van der Waals surface area (Å²) in [5.74, 6) is -0.762. The fourth-order valence-electron chi connectivity index (χ4n) is 3.73. The van der Waals surface area contributed by atoms with Crippen molar-refractivity contribution in [1.29, 1.82) is 0 Å². The second-order valence-corrected chi connectivity index (χ2v) is 8.13. The van der Waals surface area contributed by atoms with Gasteiger partial charge in [-0.25, -0.2) is 9.78 Å². The first-order valence-electron chi connectivity index (χ1n) is 9.43. The van der Waals surface area contributed by atoms with Gasteiger partial charge in [-0.1, -0.05) is 29.5 Å². The van der Waals surface area contributed by atoms with E-state index in [2.05, 4.69) is 10.2 Å². The van der Waals surface area contributed by atoms with Crippen molar-refractivity contribution in [2.45, 2.75) is 25.4 Å². The van der Waals surface area contributed by atoms with Crippen LogP contribution in [0.25, 0.3) is 10.2 Å². The molecule has 6 nitrogen and oxygen atoms in total. The van der Waals surface area contributed by atoms with Crippen LogP contribution in [0, 0.1) is 0 Å². The highest BCUT2D eigenvalue weighted by molar-refractivity contribution is 7.22. The zero-order valence-corrected chi connectivity index (χ0v) is 16.0. The van der Waals surface area contributed by atoms with Crippen LogP contribution in [-0.4, -0.2) is 36.1 Å². The van der Waals surface area contributed by atoms with Crippen LogP contribution in [0.1, 0.15) is 28.8 Å². The fraction of sp³-hybridized carbons (Fsp3) is 0.286. The smallest absolute Gasteiger partial charge is 0.339 e. The van der Waals surface area contributed by atoms with Crippen LogP contribution in [0.15, 0.2) is 42.5 Å². The van der Waals surface area contributed by atoms with E-state index in [-0.39, 0.29) is 5.91 Å². The average Bonchev–Trinajstić information content (AvgIpc) is 3.37. The van der Waals surface area contributed by atoms with Gasteiger partial charge < -0.3 is 15.0 Å². The van der Waals surface area contributed by atoms with Gasteiger partial charge in [-0.15, -0.1) is 0 Å². The van der Waals surface area contributed by atoms with Crippen molar-refractivity contribution in [2.24, 2.45) is 0 Å². The van der Waals surface area contributed by atoms with E-state index < -0.39 is 12.1 Å². The molecule has 0 spiro atoms. The van der Waals surface area contributed by atoms with Gasteiger partial charge in [0.25, 0.3) is 5.91 Å². The Morgan fingerprint density at radius 1 is 1.18 bits per heavy atom. The van der Waals surface area contributed by atoms with Crippen LogP contribution in [0.3, 0.4) is 0 Å². The lowest BCUT2D eigenvalue weighted by Gasteiger charge is -2.23. The number of cyclic esters (lactones) is 1. The number of carbonyl (C=O) groups is 2. The van der Waals surface area contributed by atoms with Gasteiger partial charge in [0, 0.05) is 25.2 Å². The first-order chi connectivity index (χ1) is 13.7. The molecule has 7 heteroatoms. The number of esters is 1. The maximum Gasteiger partial charge on any atom is 0.339 e. The van der Waals surface area contributed by atoms with Crippen LogP contribution < -0.4 is 10.2 Å². The molecule has 0 bridgehead atoms. The molecule has 3 aromatic rings. The number of nitrogens with one attached hydrogen (secondary N) is 1. The minimum Gasteiger partial charge on any atom is -0.448 e. The summed E-state index contributed by atoms with van der Waals surface area (Å²) in [7, 11) is 0. The zero-order valence-electron chi connectivity index (χ0n) is 15.2. The molecule has 28 heavy (non-hydrogen) atoms. The molecule has 1 saturated heterocycles. The minimum atomic E-state index is -0.820. The lowest BCUT2D eigenvalue weighted by molar-refractivity contribution is -0.125. The zero-order chi connectivity index (χ0) is 19.1. The van der Waals surface area contributed by atoms with Crippen LogP contribution in [-0.2, 0) is 16.0 Å². The van der Waals surface area contributed by atoms with Gasteiger partial charge in [0.2, 0.25) is 0 Å². The van der Waals surface area contributed by atoms with Gasteiger partial charge >= 0.3 is 5.97 Å². The topological polar surface area (TPSA) is 71.5 Å². The van der Waals surface area contributed by atoms with Crippen molar-refractivity contribution in [3.05, 3.63) is 53.6 Å². The summed E-state index contributed by atoms with van der Waals surface area (Å²) >= 11 is 1.64. The number of rotatable bonds is 3. The monoisotopic (exact) mass is 393 g/mol. The number of aromatic nitrogens is 1. The van der Waals surface area contributed by atoms with Crippen LogP contribution in [0.2, 0.25) is 0 Å². The Balaban J connectivity index is 1.33.